The summed E-state index contributed by atoms with van der Waals surface area (Å²) in [6.07, 6.45) is 0. The number of amidine groups is 1. The molecule has 0 aliphatic rings. The van der Waals surface area contributed by atoms with E-state index in [4.69, 9.17) is 4.84 Å². The van der Waals surface area contributed by atoms with Gasteiger partial charge in [0.05, 0.1) is 5.56 Å². The Hall–Kier alpha value is -3.28. The van der Waals surface area contributed by atoms with Crippen LogP contribution in [-0.2, 0) is 14.4 Å². The Kier molecular flexibility index (Phi) is 5.57. The van der Waals surface area contributed by atoms with Crippen LogP contribution in [0.1, 0.15) is 29.8 Å². The third-order valence-corrected chi connectivity index (χ3v) is 3.10. The van der Waals surface area contributed by atoms with E-state index >= 15 is 0 Å². The molecule has 0 bridgehead atoms. The number of hydrogen-bond donors (Lipinski definition) is 0. The van der Waals surface area contributed by atoms with Crippen molar-refractivity contribution in [2.24, 2.45) is 5.16 Å². The molecule has 0 aliphatic heterocycles. The number of amides is 2. The molecule has 6 heteroatoms. The predicted molar refractivity (Wildman–Crippen MR) is 88.0 cm³/mol. The van der Waals surface area contributed by atoms with Crippen LogP contribution < -0.4 is 0 Å². The fraction of sp³-hybridized carbons (Fsp3) is 0.111. The van der Waals surface area contributed by atoms with Crippen molar-refractivity contribution in [2.75, 3.05) is 0 Å². The molecule has 6 nitrogen and oxygen atoms in total. The summed E-state index contributed by atoms with van der Waals surface area (Å²) in [6.45, 7) is 2.47. The molecule has 0 saturated heterocycles. The summed E-state index contributed by atoms with van der Waals surface area (Å²) in [7, 11) is 0. The topological polar surface area (TPSA) is 76.0 Å². The summed E-state index contributed by atoms with van der Waals surface area (Å²) in [4.78, 5) is 41.4. The lowest BCUT2D eigenvalue weighted by atomic mass is 10.2. The van der Waals surface area contributed by atoms with Gasteiger partial charge in [0, 0.05) is 19.4 Å². The summed E-state index contributed by atoms with van der Waals surface area (Å²) in [6, 6.07) is 16.9. The van der Waals surface area contributed by atoms with Crippen LogP contribution in [0, 0.1) is 0 Å². The Morgan fingerprint density at radius 3 is 1.71 bits per heavy atom. The highest BCUT2D eigenvalue weighted by atomic mass is 16.7. The van der Waals surface area contributed by atoms with Crippen LogP contribution in [-0.4, -0.2) is 28.5 Å². The molecular formula is C18H16N2O4. The van der Waals surface area contributed by atoms with E-state index in [0.717, 1.165) is 4.90 Å². The molecule has 2 amide bonds. The van der Waals surface area contributed by atoms with Crippen molar-refractivity contribution in [3.63, 3.8) is 0 Å². The van der Waals surface area contributed by atoms with E-state index in [1.807, 2.05) is 0 Å². The quantitative estimate of drug-likeness (QED) is 0.376. The third kappa shape index (κ3) is 4.13. The van der Waals surface area contributed by atoms with Gasteiger partial charge in [-0.3, -0.25) is 9.59 Å². The lowest BCUT2D eigenvalue weighted by Crippen LogP contribution is -2.39. The Bertz CT molecular complexity index is 756. The number of nitrogens with zero attached hydrogens (tertiary/aromatic N) is 2. The summed E-state index contributed by atoms with van der Waals surface area (Å²) < 4.78 is 0. The van der Waals surface area contributed by atoms with Gasteiger partial charge >= 0.3 is 5.97 Å². The second-order valence-electron chi connectivity index (χ2n) is 4.90. The van der Waals surface area contributed by atoms with Gasteiger partial charge in [-0.15, -0.1) is 0 Å². The Labute approximate surface area is 139 Å². The van der Waals surface area contributed by atoms with Gasteiger partial charge in [-0.1, -0.05) is 53.7 Å². The molecule has 2 aromatic carbocycles. The third-order valence-electron chi connectivity index (χ3n) is 3.10. The maximum Gasteiger partial charge on any atom is 0.365 e. The summed E-state index contributed by atoms with van der Waals surface area (Å²) in [5, 5.41) is 3.76. The number of rotatable bonds is 3. The van der Waals surface area contributed by atoms with Crippen molar-refractivity contribution < 1.29 is 19.2 Å². The average molecular weight is 324 g/mol. The zero-order valence-electron chi connectivity index (χ0n) is 13.3. The maximum atomic E-state index is 12.0. The van der Waals surface area contributed by atoms with Gasteiger partial charge in [-0.25, -0.2) is 9.69 Å². The molecule has 0 unspecified atom stereocenters. The summed E-state index contributed by atoms with van der Waals surface area (Å²) >= 11 is 0. The first kappa shape index (κ1) is 17.1. The summed E-state index contributed by atoms with van der Waals surface area (Å²) in [5.41, 5.74) is 0.787. The van der Waals surface area contributed by atoms with Crippen molar-refractivity contribution in [2.45, 2.75) is 13.8 Å². The number of imide groups is 1. The first-order chi connectivity index (χ1) is 11.5. The lowest BCUT2D eigenvalue weighted by molar-refractivity contribution is -0.137. The van der Waals surface area contributed by atoms with E-state index in [9.17, 15) is 14.4 Å². The Balaban J connectivity index is 2.37. The standard InChI is InChI=1S/C18H16N2O4/c1-13(21)20(14(2)22)17(15-9-5-3-6-10-15)19-24-18(23)16-11-7-4-8-12-16/h3-12H,1-2H3. The molecule has 24 heavy (non-hydrogen) atoms. The van der Waals surface area contributed by atoms with Gasteiger partial charge < -0.3 is 4.84 Å². The second-order valence-corrected chi connectivity index (χ2v) is 4.90. The summed E-state index contributed by atoms with van der Waals surface area (Å²) in [5.74, 6) is -1.78. The van der Waals surface area contributed by atoms with Gasteiger partial charge in [0.1, 0.15) is 0 Å². The smallest absolute Gasteiger partial charge is 0.311 e. The predicted octanol–water partition coefficient (Wildman–Crippen LogP) is 2.60. The minimum absolute atomic E-state index is 0.0418. The van der Waals surface area contributed by atoms with Gasteiger partial charge in [0.25, 0.3) is 0 Å². The molecule has 0 spiro atoms. The number of oxime groups is 1. The highest BCUT2D eigenvalue weighted by molar-refractivity contribution is 6.17. The van der Waals surface area contributed by atoms with Crippen molar-refractivity contribution in [1.82, 2.24) is 4.90 Å². The number of hydrogen-bond acceptors (Lipinski definition) is 5. The number of benzene rings is 2. The van der Waals surface area contributed by atoms with E-state index < -0.39 is 17.8 Å². The number of carbonyl (C=O) groups is 3. The molecule has 0 N–H and O–H groups in total. The van der Waals surface area contributed by atoms with E-state index in [2.05, 4.69) is 5.16 Å². The van der Waals surface area contributed by atoms with Gasteiger partial charge in [0.2, 0.25) is 11.8 Å². The molecule has 0 radical (unpaired) electrons. The van der Waals surface area contributed by atoms with E-state index in [-0.39, 0.29) is 5.84 Å². The van der Waals surface area contributed by atoms with Crippen LogP contribution in [0.5, 0.6) is 0 Å². The fourth-order valence-electron chi connectivity index (χ4n) is 2.04. The van der Waals surface area contributed by atoms with Crippen LogP contribution in [0.25, 0.3) is 0 Å². The molecule has 0 heterocycles. The van der Waals surface area contributed by atoms with Crippen LogP contribution in [0.3, 0.4) is 0 Å². The van der Waals surface area contributed by atoms with Crippen LogP contribution >= 0.6 is 0 Å². The first-order valence-corrected chi connectivity index (χ1v) is 7.21. The average Bonchev–Trinajstić information content (AvgIpc) is 2.59. The molecule has 0 fully saturated rings. The minimum Gasteiger partial charge on any atom is -0.311 e. The maximum absolute atomic E-state index is 12.0. The largest absolute Gasteiger partial charge is 0.365 e. The fourth-order valence-corrected chi connectivity index (χ4v) is 2.04. The van der Waals surface area contributed by atoms with Gasteiger partial charge in [-0.05, 0) is 12.1 Å². The minimum atomic E-state index is -0.684. The molecule has 0 atom stereocenters. The van der Waals surface area contributed by atoms with E-state index in [1.54, 1.807) is 60.7 Å². The van der Waals surface area contributed by atoms with Gasteiger partial charge in [-0.2, -0.15) is 0 Å². The van der Waals surface area contributed by atoms with Crippen molar-refractivity contribution in [3.05, 3.63) is 71.8 Å². The van der Waals surface area contributed by atoms with Crippen LogP contribution in [0.4, 0.5) is 0 Å². The van der Waals surface area contributed by atoms with E-state index in [1.165, 1.54) is 13.8 Å². The van der Waals surface area contributed by atoms with E-state index in [0.29, 0.717) is 11.1 Å². The molecule has 2 aromatic rings. The molecule has 122 valence electrons. The zero-order chi connectivity index (χ0) is 17.5. The Morgan fingerprint density at radius 2 is 1.25 bits per heavy atom. The molecule has 2 rings (SSSR count). The second kappa shape index (κ2) is 7.82. The van der Waals surface area contributed by atoms with Crippen LogP contribution in [0.2, 0.25) is 0 Å². The van der Waals surface area contributed by atoms with Gasteiger partial charge in [0.15, 0.2) is 5.84 Å². The van der Waals surface area contributed by atoms with Crippen molar-refractivity contribution >= 4 is 23.6 Å². The first-order valence-electron chi connectivity index (χ1n) is 7.21. The zero-order valence-corrected chi connectivity index (χ0v) is 13.3. The normalized spacial score (nSPS) is 10.8. The van der Waals surface area contributed by atoms with Crippen molar-refractivity contribution in [3.8, 4) is 0 Å². The lowest BCUT2D eigenvalue weighted by Gasteiger charge is -2.18. The number of carbonyl (C=O) groups excluding carboxylic acids is 3. The molecule has 0 saturated carbocycles. The van der Waals surface area contributed by atoms with Crippen LogP contribution in [0.15, 0.2) is 65.8 Å². The van der Waals surface area contributed by atoms with Crippen molar-refractivity contribution in [1.29, 1.82) is 0 Å². The monoisotopic (exact) mass is 324 g/mol. The Morgan fingerprint density at radius 1 is 0.792 bits per heavy atom. The molecular weight excluding hydrogens is 308 g/mol. The highest BCUT2D eigenvalue weighted by Crippen LogP contribution is 2.09. The SMILES string of the molecule is CC(=O)N(C(C)=O)C(=NOC(=O)c1ccccc1)c1ccccc1. The molecule has 0 aliphatic carbocycles. The highest BCUT2D eigenvalue weighted by Gasteiger charge is 2.23. The molecule has 0 aromatic heterocycles.